The molecule has 0 saturated carbocycles. The zero-order chi connectivity index (χ0) is 12.4. The second-order valence-corrected chi connectivity index (χ2v) is 5.20. The normalized spacial score (nSPS) is 9.61. The first-order chi connectivity index (χ1) is 8.08. The van der Waals surface area contributed by atoms with Crippen LogP contribution in [0.5, 0.6) is 0 Å². The number of nitrogens with zero attached hydrogens (tertiary/aromatic N) is 2. The molecule has 2 aromatic rings. The molecule has 0 aliphatic heterocycles. The van der Waals surface area contributed by atoms with Gasteiger partial charge in [-0.1, -0.05) is 6.07 Å². The molecular formula is C10H11ClN4OS2. The quantitative estimate of drug-likeness (QED) is 0.655. The van der Waals surface area contributed by atoms with Gasteiger partial charge in [0.25, 0.3) is 5.91 Å². The Balaban J connectivity index is 0.00000162. The van der Waals surface area contributed by atoms with Crippen LogP contribution in [-0.2, 0) is 0 Å². The van der Waals surface area contributed by atoms with Crippen molar-refractivity contribution in [1.29, 1.82) is 0 Å². The van der Waals surface area contributed by atoms with Gasteiger partial charge in [0.2, 0.25) is 0 Å². The number of aryl methyl sites for hydroxylation is 1. The van der Waals surface area contributed by atoms with Gasteiger partial charge in [0, 0.05) is 0 Å². The molecule has 8 heteroatoms. The first-order valence-corrected chi connectivity index (χ1v) is 6.43. The molecule has 2 heterocycles. The molecule has 0 fully saturated rings. The average molecular weight is 303 g/mol. The van der Waals surface area contributed by atoms with E-state index in [9.17, 15) is 4.79 Å². The number of thiophene rings is 1. The molecule has 0 spiro atoms. The van der Waals surface area contributed by atoms with E-state index in [1.807, 2.05) is 17.5 Å². The third kappa shape index (κ3) is 3.06. The summed E-state index contributed by atoms with van der Waals surface area (Å²) in [5.74, 6) is -0.678. The molecule has 0 aliphatic carbocycles. The van der Waals surface area contributed by atoms with Gasteiger partial charge < -0.3 is 11.5 Å². The van der Waals surface area contributed by atoms with E-state index in [4.69, 9.17) is 11.5 Å². The summed E-state index contributed by atoms with van der Waals surface area (Å²) < 4.78 is 0. The highest BCUT2D eigenvalue weighted by Crippen LogP contribution is 2.31. The monoisotopic (exact) mass is 302 g/mol. The lowest BCUT2D eigenvalue weighted by Crippen LogP contribution is -2.24. The SMILES string of the molecule is Cc1nc(-c2cccs2)sc1C(=O)N=C(N)N.Cl. The van der Waals surface area contributed by atoms with Crippen molar-refractivity contribution in [3.63, 3.8) is 0 Å². The molecule has 0 aliphatic rings. The summed E-state index contributed by atoms with van der Waals surface area (Å²) in [7, 11) is 0. The molecule has 96 valence electrons. The van der Waals surface area contributed by atoms with E-state index in [0.717, 1.165) is 9.88 Å². The molecule has 2 rings (SSSR count). The van der Waals surface area contributed by atoms with Gasteiger partial charge in [-0.25, -0.2) is 4.98 Å². The zero-order valence-electron chi connectivity index (χ0n) is 9.41. The highest BCUT2D eigenvalue weighted by molar-refractivity contribution is 7.22. The van der Waals surface area contributed by atoms with Crippen molar-refractivity contribution < 1.29 is 4.79 Å². The van der Waals surface area contributed by atoms with Crippen LogP contribution < -0.4 is 11.5 Å². The van der Waals surface area contributed by atoms with Crippen LogP contribution in [0.2, 0.25) is 0 Å². The summed E-state index contributed by atoms with van der Waals surface area (Å²) in [6.07, 6.45) is 0. The van der Waals surface area contributed by atoms with Crippen LogP contribution in [0.3, 0.4) is 0 Å². The topological polar surface area (TPSA) is 94.4 Å². The maximum absolute atomic E-state index is 11.7. The van der Waals surface area contributed by atoms with Gasteiger partial charge in [-0.05, 0) is 18.4 Å². The van der Waals surface area contributed by atoms with Gasteiger partial charge in [0.15, 0.2) is 5.96 Å². The Morgan fingerprint density at radius 3 is 2.72 bits per heavy atom. The molecule has 0 bridgehead atoms. The van der Waals surface area contributed by atoms with Crippen LogP contribution in [0, 0.1) is 6.92 Å². The molecular weight excluding hydrogens is 292 g/mol. The van der Waals surface area contributed by atoms with Crippen molar-refractivity contribution in [3.05, 3.63) is 28.1 Å². The summed E-state index contributed by atoms with van der Waals surface area (Å²) >= 11 is 2.87. The molecule has 4 N–H and O–H groups in total. The summed E-state index contributed by atoms with van der Waals surface area (Å²) in [6.45, 7) is 1.77. The Hall–Kier alpha value is -1.44. The second-order valence-electron chi connectivity index (χ2n) is 3.25. The third-order valence-electron chi connectivity index (χ3n) is 1.95. The Kier molecular flexibility index (Phi) is 4.83. The first kappa shape index (κ1) is 14.6. The van der Waals surface area contributed by atoms with Gasteiger partial charge in [-0.2, -0.15) is 4.99 Å². The largest absolute Gasteiger partial charge is 0.370 e. The predicted octanol–water partition coefficient (Wildman–Crippen LogP) is 2.02. The molecule has 0 unspecified atom stereocenters. The lowest BCUT2D eigenvalue weighted by Gasteiger charge is -1.91. The van der Waals surface area contributed by atoms with Gasteiger partial charge >= 0.3 is 0 Å². The van der Waals surface area contributed by atoms with Crippen molar-refractivity contribution >= 4 is 46.9 Å². The molecule has 0 aromatic carbocycles. The van der Waals surface area contributed by atoms with Crippen molar-refractivity contribution in [3.8, 4) is 9.88 Å². The van der Waals surface area contributed by atoms with Gasteiger partial charge in [-0.15, -0.1) is 35.1 Å². The zero-order valence-corrected chi connectivity index (χ0v) is 11.9. The number of nitrogens with two attached hydrogens (primary N) is 2. The summed E-state index contributed by atoms with van der Waals surface area (Å²) in [5.41, 5.74) is 11.0. The van der Waals surface area contributed by atoms with E-state index in [-0.39, 0.29) is 18.4 Å². The van der Waals surface area contributed by atoms with E-state index < -0.39 is 5.91 Å². The van der Waals surface area contributed by atoms with Crippen LogP contribution in [0.1, 0.15) is 15.4 Å². The average Bonchev–Trinajstić information content (AvgIpc) is 2.84. The van der Waals surface area contributed by atoms with E-state index in [1.165, 1.54) is 11.3 Å². The summed E-state index contributed by atoms with van der Waals surface area (Å²) in [4.78, 5) is 21.0. The number of thiazole rings is 1. The summed E-state index contributed by atoms with van der Waals surface area (Å²) in [5, 5.41) is 2.77. The fraction of sp³-hybridized carbons (Fsp3) is 0.100. The van der Waals surface area contributed by atoms with Gasteiger partial charge in [-0.3, -0.25) is 4.79 Å². The van der Waals surface area contributed by atoms with Crippen LogP contribution in [-0.4, -0.2) is 16.9 Å². The minimum atomic E-state index is -0.442. The van der Waals surface area contributed by atoms with Crippen molar-refractivity contribution in [2.24, 2.45) is 16.5 Å². The number of carbonyl (C=O) groups excluding carboxylic acids is 1. The number of carbonyl (C=O) groups is 1. The van der Waals surface area contributed by atoms with Crippen molar-refractivity contribution in [1.82, 2.24) is 4.98 Å². The van der Waals surface area contributed by atoms with Gasteiger partial charge in [0.05, 0.1) is 10.6 Å². The number of rotatable bonds is 2. The number of aromatic nitrogens is 1. The number of aliphatic imine (C=N–C) groups is 1. The van der Waals surface area contributed by atoms with Crippen molar-refractivity contribution in [2.45, 2.75) is 6.92 Å². The molecule has 2 aromatic heterocycles. The maximum atomic E-state index is 11.7. The minimum absolute atomic E-state index is 0. The third-order valence-corrected chi connectivity index (χ3v) is 4.14. The van der Waals surface area contributed by atoms with Gasteiger partial charge in [0.1, 0.15) is 9.88 Å². The van der Waals surface area contributed by atoms with E-state index in [0.29, 0.717) is 10.6 Å². The Morgan fingerprint density at radius 1 is 1.44 bits per heavy atom. The van der Waals surface area contributed by atoms with E-state index in [2.05, 4.69) is 9.98 Å². The highest BCUT2D eigenvalue weighted by Gasteiger charge is 2.16. The number of halogens is 1. The number of guanidine groups is 1. The number of amides is 1. The molecule has 1 amide bonds. The predicted molar refractivity (Wildman–Crippen MR) is 77.6 cm³/mol. The molecule has 0 atom stereocenters. The standard InChI is InChI=1S/C10H10N4OS2.ClH/c1-5-7(8(15)14-10(11)12)17-9(13-5)6-3-2-4-16-6;/h2-4H,1H3,(H4,11,12,14,15);1H. The Morgan fingerprint density at radius 2 is 2.17 bits per heavy atom. The maximum Gasteiger partial charge on any atom is 0.292 e. The second kappa shape index (κ2) is 5.94. The number of hydrogen-bond donors (Lipinski definition) is 2. The molecule has 5 nitrogen and oxygen atoms in total. The Bertz CT molecular complexity index is 573. The minimum Gasteiger partial charge on any atom is -0.370 e. The fourth-order valence-electron chi connectivity index (χ4n) is 1.27. The molecule has 0 saturated heterocycles. The molecule has 18 heavy (non-hydrogen) atoms. The summed E-state index contributed by atoms with van der Waals surface area (Å²) in [6, 6.07) is 3.89. The van der Waals surface area contributed by atoms with Crippen LogP contribution in [0.4, 0.5) is 0 Å². The fourth-order valence-corrected chi connectivity index (χ4v) is 3.02. The highest BCUT2D eigenvalue weighted by atomic mass is 35.5. The van der Waals surface area contributed by atoms with E-state index >= 15 is 0 Å². The van der Waals surface area contributed by atoms with Crippen molar-refractivity contribution in [2.75, 3.05) is 0 Å². The molecule has 0 radical (unpaired) electrons. The number of hydrogen-bond acceptors (Lipinski definition) is 4. The Labute approximate surface area is 118 Å². The van der Waals surface area contributed by atoms with E-state index in [1.54, 1.807) is 18.3 Å². The first-order valence-electron chi connectivity index (χ1n) is 4.73. The van der Waals surface area contributed by atoms with Crippen LogP contribution in [0.25, 0.3) is 9.88 Å². The van der Waals surface area contributed by atoms with Crippen LogP contribution >= 0.6 is 35.1 Å². The van der Waals surface area contributed by atoms with Crippen LogP contribution in [0.15, 0.2) is 22.5 Å². The smallest absolute Gasteiger partial charge is 0.292 e. The lowest BCUT2D eigenvalue weighted by atomic mass is 10.4. The lowest BCUT2D eigenvalue weighted by molar-refractivity contribution is 0.101.